The van der Waals surface area contributed by atoms with Gasteiger partial charge in [-0.3, -0.25) is 0 Å². The van der Waals surface area contributed by atoms with Crippen molar-refractivity contribution in [3.05, 3.63) is 48.0 Å². The summed E-state index contributed by atoms with van der Waals surface area (Å²) in [5, 5.41) is 15.1. The Morgan fingerprint density at radius 3 is 2.80 bits per heavy atom. The smallest absolute Gasteiger partial charge is 0.319 e. The SMILES string of the molecule is CCC(C)(CO)NC(=O)Nc1cccc(Cn2ccnc2C(C)C)c1. The molecule has 0 aliphatic heterocycles. The molecule has 0 bridgehead atoms. The van der Waals surface area contributed by atoms with E-state index in [4.69, 9.17) is 0 Å². The van der Waals surface area contributed by atoms with Crippen LogP contribution in [0, 0.1) is 0 Å². The predicted octanol–water partition coefficient (Wildman–Crippen LogP) is 3.34. The largest absolute Gasteiger partial charge is 0.394 e. The highest BCUT2D eigenvalue weighted by molar-refractivity contribution is 5.89. The van der Waals surface area contributed by atoms with E-state index in [-0.39, 0.29) is 12.6 Å². The molecular formula is C19H28N4O2. The van der Waals surface area contributed by atoms with Gasteiger partial charge >= 0.3 is 6.03 Å². The topological polar surface area (TPSA) is 79.2 Å². The highest BCUT2D eigenvalue weighted by atomic mass is 16.3. The van der Waals surface area contributed by atoms with Crippen molar-refractivity contribution in [2.75, 3.05) is 11.9 Å². The van der Waals surface area contributed by atoms with Crippen LogP contribution in [0.4, 0.5) is 10.5 Å². The van der Waals surface area contributed by atoms with Crippen molar-refractivity contribution < 1.29 is 9.90 Å². The third-order valence-corrected chi connectivity index (χ3v) is 4.35. The Labute approximate surface area is 149 Å². The van der Waals surface area contributed by atoms with Crippen molar-refractivity contribution >= 4 is 11.7 Å². The predicted molar refractivity (Wildman–Crippen MR) is 99.8 cm³/mol. The monoisotopic (exact) mass is 344 g/mol. The molecule has 3 N–H and O–H groups in total. The third-order valence-electron chi connectivity index (χ3n) is 4.35. The molecular weight excluding hydrogens is 316 g/mol. The van der Waals surface area contributed by atoms with Crippen LogP contribution in [0.5, 0.6) is 0 Å². The summed E-state index contributed by atoms with van der Waals surface area (Å²) in [6, 6.07) is 7.43. The van der Waals surface area contributed by atoms with Gasteiger partial charge in [0.05, 0.1) is 12.1 Å². The maximum Gasteiger partial charge on any atom is 0.319 e. The fraction of sp³-hybridized carbons (Fsp3) is 0.474. The summed E-state index contributed by atoms with van der Waals surface area (Å²) in [4.78, 5) is 16.6. The standard InChI is InChI=1S/C19H28N4O2/c1-5-19(4,13-24)22-18(25)21-16-8-6-7-15(11-16)12-23-10-9-20-17(23)14(2)3/h6-11,14,24H,5,12-13H2,1-4H3,(H2,21,22,25). The average molecular weight is 344 g/mol. The van der Waals surface area contributed by atoms with Crippen molar-refractivity contribution in [3.8, 4) is 0 Å². The molecule has 0 aliphatic carbocycles. The minimum absolute atomic E-state index is 0.102. The molecule has 1 heterocycles. The number of urea groups is 1. The van der Waals surface area contributed by atoms with Gasteiger partial charge in [0, 0.05) is 30.5 Å². The lowest BCUT2D eigenvalue weighted by Gasteiger charge is -2.27. The zero-order valence-electron chi connectivity index (χ0n) is 15.4. The van der Waals surface area contributed by atoms with E-state index in [1.165, 1.54) is 0 Å². The molecule has 0 fully saturated rings. The molecule has 2 rings (SSSR count). The van der Waals surface area contributed by atoms with Crippen LogP contribution in [-0.4, -0.2) is 32.8 Å². The number of rotatable bonds is 7. The van der Waals surface area contributed by atoms with Crippen LogP contribution < -0.4 is 10.6 Å². The Morgan fingerprint density at radius 2 is 2.16 bits per heavy atom. The normalized spacial score (nSPS) is 13.5. The van der Waals surface area contributed by atoms with Gasteiger partial charge in [-0.05, 0) is 31.0 Å². The summed E-state index contributed by atoms with van der Waals surface area (Å²) in [6.07, 6.45) is 4.43. The molecule has 1 aromatic heterocycles. The first-order valence-electron chi connectivity index (χ1n) is 8.67. The molecule has 1 unspecified atom stereocenters. The van der Waals surface area contributed by atoms with E-state index in [2.05, 4.69) is 34.0 Å². The number of aliphatic hydroxyl groups excluding tert-OH is 1. The highest BCUT2D eigenvalue weighted by Gasteiger charge is 2.23. The van der Waals surface area contributed by atoms with Crippen LogP contribution in [0.2, 0.25) is 0 Å². The number of amides is 2. The van der Waals surface area contributed by atoms with Crippen molar-refractivity contribution in [2.24, 2.45) is 0 Å². The molecule has 1 aromatic carbocycles. The molecule has 6 heteroatoms. The molecule has 25 heavy (non-hydrogen) atoms. The zero-order chi connectivity index (χ0) is 18.4. The number of carbonyl (C=O) groups excluding carboxylic acids is 1. The number of benzene rings is 1. The van der Waals surface area contributed by atoms with Crippen molar-refractivity contribution in [3.63, 3.8) is 0 Å². The Morgan fingerprint density at radius 1 is 1.40 bits per heavy atom. The minimum Gasteiger partial charge on any atom is -0.394 e. The molecule has 0 radical (unpaired) electrons. The maximum absolute atomic E-state index is 12.2. The molecule has 1 atom stereocenters. The number of hydrogen-bond acceptors (Lipinski definition) is 3. The number of hydrogen-bond donors (Lipinski definition) is 3. The van der Waals surface area contributed by atoms with Crippen LogP contribution >= 0.6 is 0 Å². The van der Waals surface area contributed by atoms with E-state index in [1.54, 1.807) is 0 Å². The van der Waals surface area contributed by atoms with Crippen molar-refractivity contribution in [1.29, 1.82) is 0 Å². The van der Waals surface area contributed by atoms with Crippen LogP contribution in [0.1, 0.15) is 51.4 Å². The number of aliphatic hydroxyl groups is 1. The number of anilines is 1. The van der Waals surface area contributed by atoms with Crippen molar-refractivity contribution in [1.82, 2.24) is 14.9 Å². The van der Waals surface area contributed by atoms with Crippen molar-refractivity contribution in [2.45, 2.75) is 52.1 Å². The molecule has 0 spiro atoms. The lowest BCUT2D eigenvalue weighted by molar-refractivity contribution is 0.172. The zero-order valence-corrected chi connectivity index (χ0v) is 15.4. The average Bonchev–Trinajstić information content (AvgIpc) is 3.03. The van der Waals surface area contributed by atoms with E-state index in [0.29, 0.717) is 18.9 Å². The van der Waals surface area contributed by atoms with E-state index in [1.807, 2.05) is 50.5 Å². The Kier molecular flexibility index (Phi) is 6.20. The molecule has 2 amide bonds. The number of aromatic nitrogens is 2. The van der Waals surface area contributed by atoms with E-state index in [0.717, 1.165) is 17.1 Å². The Hall–Kier alpha value is -2.34. The second-order valence-corrected chi connectivity index (χ2v) is 6.92. The Bertz CT molecular complexity index is 705. The quantitative estimate of drug-likeness (QED) is 0.721. The molecule has 136 valence electrons. The van der Waals surface area contributed by atoms with E-state index >= 15 is 0 Å². The second kappa shape index (κ2) is 8.16. The van der Waals surface area contributed by atoms with E-state index in [9.17, 15) is 9.90 Å². The summed E-state index contributed by atoms with van der Waals surface area (Å²) in [5.74, 6) is 1.39. The minimum atomic E-state index is -0.620. The number of nitrogens with one attached hydrogen (secondary N) is 2. The van der Waals surface area contributed by atoms with Crippen LogP contribution in [0.3, 0.4) is 0 Å². The summed E-state index contributed by atoms with van der Waals surface area (Å²) in [5.41, 5.74) is 1.18. The lowest BCUT2D eigenvalue weighted by Crippen LogP contribution is -2.50. The van der Waals surface area contributed by atoms with Crippen LogP contribution in [0.15, 0.2) is 36.7 Å². The van der Waals surface area contributed by atoms with Gasteiger partial charge < -0.3 is 20.3 Å². The van der Waals surface area contributed by atoms with Gasteiger partial charge in [-0.25, -0.2) is 9.78 Å². The van der Waals surface area contributed by atoms with Gasteiger partial charge in [-0.15, -0.1) is 0 Å². The first kappa shape index (κ1) is 19.0. The van der Waals surface area contributed by atoms with Crippen LogP contribution in [-0.2, 0) is 6.54 Å². The summed E-state index contributed by atoms with van der Waals surface area (Å²) >= 11 is 0. The fourth-order valence-corrected chi connectivity index (χ4v) is 2.58. The lowest BCUT2D eigenvalue weighted by atomic mass is 10.0. The van der Waals surface area contributed by atoms with Gasteiger partial charge in [0.25, 0.3) is 0 Å². The molecule has 2 aromatic rings. The highest BCUT2D eigenvalue weighted by Crippen LogP contribution is 2.17. The summed E-state index contributed by atoms with van der Waals surface area (Å²) < 4.78 is 2.11. The second-order valence-electron chi connectivity index (χ2n) is 6.92. The molecule has 0 saturated heterocycles. The number of carbonyl (C=O) groups is 1. The molecule has 6 nitrogen and oxygen atoms in total. The van der Waals surface area contributed by atoms with Crippen LogP contribution in [0.25, 0.3) is 0 Å². The third kappa shape index (κ3) is 5.06. The summed E-state index contributed by atoms with van der Waals surface area (Å²) in [6.45, 7) is 8.58. The summed E-state index contributed by atoms with van der Waals surface area (Å²) in [7, 11) is 0. The maximum atomic E-state index is 12.2. The molecule has 0 aliphatic rings. The first-order valence-corrected chi connectivity index (χ1v) is 8.67. The molecule has 0 saturated carbocycles. The van der Waals surface area contributed by atoms with Gasteiger partial charge in [0.2, 0.25) is 0 Å². The van der Waals surface area contributed by atoms with Gasteiger partial charge in [-0.1, -0.05) is 32.9 Å². The van der Waals surface area contributed by atoms with E-state index < -0.39 is 5.54 Å². The van der Waals surface area contributed by atoms with Gasteiger partial charge in [0.1, 0.15) is 5.82 Å². The number of nitrogens with zero attached hydrogens (tertiary/aromatic N) is 2. The number of imidazole rings is 1. The van der Waals surface area contributed by atoms with Gasteiger partial charge in [-0.2, -0.15) is 0 Å². The Balaban J connectivity index is 2.06. The van der Waals surface area contributed by atoms with Gasteiger partial charge in [0.15, 0.2) is 0 Å². The first-order chi connectivity index (χ1) is 11.9. The fourth-order valence-electron chi connectivity index (χ4n) is 2.58.